The van der Waals surface area contributed by atoms with Crippen molar-refractivity contribution in [2.24, 2.45) is 0 Å². The fourth-order valence-corrected chi connectivity index (χ4v) is 2.44. The number of aliphatic hydroxyl groups is 1. The van der Waals surface area contributed by atoms with Gasteiger partial charge in [0.2, 0.25) is 5.88 Å². The van der Waals surface area contributed by atoms with Crippen molar-refractivity contribution in [2.45, 2.75) is 25.3 Å². The van der Waals surface area contributed by atoms with Gasteiger partial charge < -0.3 is 15.2 Å². The zero-order valence-electron chi connectivity index (χ0n) is 11.4. The molecule has 2 heterocycles. The van der Waals surface area contributed by atoms with E-state index in [4.69, 9.17) is 4.74 Å². The molecule has 2 N–H and O–H groups in total. The molecule has 0 aromatic carbocycles. The Morgan fingerprint density at radius 2 is 2.37 bits per heavy atom. The number of likely N-dealkylation sites (tertiary alicyclic amines) is 1. The quantitative estimate of drug-likeness (QED) is 0.791. The largest absolute Gasteiger partial charge is 0.481 e. The molecular weight excluding hydrogens is 244 g/mol. The molecular formula is C13H22N4O2. The molecule has 0 spiro atoms. The standard InChI is InChI=1S/C13H22N4O2/c1-19-13-8-12(15-10-16-13)14-5-7-17-6-3-2-4-11(17)9-18/h8,10-11,18H,2-7,9H2,1H3,(H,14,15,16)/t11-/m1/s1. The molecule has 19 heavy (non-hydrogen) atoms. The molecule has 6 heteroatoms. The van der Waals surface area contributed by atoms with Gasteiger partial charge in [-0.05, 0) is 19.4 Å². The Morgan fingerprint density at radius 3 is 3.16 bits per heavy atom. The van der Waals surface area contributed by atoms with E-state index in [0.717, 1.165) is 31.9 Å². The first-order valence-electron chi connectivity index (χ1n) is 6.78. The summed E-state index contributed by atoms with van der Waals surface area (Å²) in [7, 11) is 1.59. The Labute approximate surface area is 113 Å². The number of hydrogen-bond donors (Lipinski definition) is 2. The summed E-state index contributed by atoms with van der Waals surface area (Å²) >= 11 is 0. The molecule has 1 aromatic heterocycles. The Kier molecular flexibility index (Phi) is 5.35. The van der Waals surface area contributed by atoms with Gasteiger partial charge in [-0.2, -0.15) is 0 Å². The molecule has 0 bridgehead atoms. The van der Waals surface area contributed by atoms with Gasteiger partial charge in [0.05, 0.1) is 13.7 Å². The van der Waals surface area contributed by atoms with Gasteiger partial charge in [0.15, 0.2) is 0 Å². The van der Waals surface area contributed by atoms with Crippen LogP contribution >= 0.6 is 0 Å². The van der Waals surface area contributed by atoms with Crippen LogP contribution in [0.25, 0.3) is 0 Å². The van der Waals surface area contributed by atoms with E-state index in [2.05, 4.69) is 20.2 Å². The Bertz CT molecular complexity index is 389. The first-order valence-corrected chi connectivity index (χ1v) is 6.78. The van der Waals surface area contributed by atoms with E-state index >= 15 is 0 Å². The molecule has 1 atom stereocenters. The highest BCUT2D eigenvalue weighted by molar-refractivity contribution is 5.36. The lowest BCUT2D eigenvalue weighted by Gasteiger charge is -2.34. The highest BCUT2D eigenvalue weighted by Gasteiger charge is 2.20. The lowest BCUT2D eigenvalue weighted by molar-refractivity contribution is 0.0940. The fraction of sp³-hybridized carbons (Fsp3) is 0.692. The summed E-state index contributed by atoms with van der Waals surface area (Å²) in [6.45, 7) is 3.04. The van der Waals surface area contributed by atoms with Crippen molar-refractivity contribution in [1.82, 2.24) is 14.9 Å². The Balaban J connectivity index is 1.78. The highest BCUT2D eigenvalue weighted by Crippen LogP contribution is 2.16. The number of rotatable bonds is 6. The summed E-state index contributed by atoms with van der Waals surface area (Å²) in [6.07, 6.45) is 5.02. The number of nitrogens with zero attached hydrogens (tertiary/aromatic N) is 3. The van der Waals surface area contributed by atoms with Crippen molar-refractivity contribution < 1.29 is 9.84 Å². The average Bonchev–Trinajstić information content (AvgIpc) is 2.48. The number of piperidine rings is 1. The summed E-state index contributed by atoms with van der Waals surface area (Å²) in [6, 6.07) is 2.09. The van der Waals surface area contributed by atoms with Crippen molar-refractivity contribution in [3.05, 3.63) is 12.4 Å². The number of methoxy groups -OCH3 is 1. The van der Waals surface area contributed by atoms with Gasteiger partial charge in [0.25, 0.3) is 0 Å². The second-order valence-corrected chi connectivity index (χ2v) is 4.74. The predicted molar refractivity (Wildman–Crippen MR) is 73.4 cm³/mol. The van der Waals surface area contributed by atoms with Crippen LogP contribution in [0.5, 0.6) is 5.88 Å². The average molecular weight is 266 g/mol. The van der Waals surface area contributed by atoms with E-state index in [1.165, 1.54) is 19.2 Å². The first kappa shape index (κ1) is 14.0. The molecule has 1 aromatic rings. The molecule has 0 amide bonds. The number of ether oxygens (including phenoxy) is 1. The predicted octanol–water partition coefficient (Wildman–Crippen LogP) is 0.744. The molecule has 1 fully saturated rings. The van der Waals surface area contributed by atoms with Gasteiger partial charge in [-0.25, -0.2) is 9.97 Å². The maximum atomic E-state index is 9.35. The molecule has 0 saturated carbocycles. The lowest BCUT2D eigenvalue weighted by atomic mass is 10.0. The van der Waals surface area contributed by atoms with Gasteiger partial charge in [0, 0.05) is 25.2 Å². The summed E-state index contributed by atoms with van der Waals surface area (Å²) < 4.78 is 5.05. The first-order chi connectivity index (χ1) is 9.33. The van der Waals surface area contributed by atoms with Crippen LogP contribution in [0.15, 0.2) is 12.4 Å². The van der Waals surface area contributed by atoms with E-state index in [9.17, 15) is 5.11 Å². The molecule has 106 valence electrons. The third kappa shape index (κ3) is 4.04. The van der Waals surface area contributed by atoms with E-state index in [1.807, 2.05) is 0 Å². The summed E-state index contributed by atoms with van der Waals surface area (Å²) in [5.74, 6) is 1.33. The normalized spacial score (nSPS) is 20.2. The second kappa shape index (κ2) is 7.25. The topological polar surface area (TPSA) is 70.5 Å². The van der Waals surface area contributed by atoms with E-state index in [-0.39, 0.29) is 6.61 Å². The van der Waals surface area contributed by atoms with Crippen molar-refractivity contribution in [3.63, 3.8) is 0 Å². The second-order valence-electron chi connectivity index (χ2n) is 4.74. The van der Waals surface area contributed by atoms with Crippen LogP contribution in [-0.4, -0.2) is 59.4 Å². The smallest absolute Gasteiger partial charge is 0.218 e. The van der Waals surface area contributed by atoms with Crippen LogP contribution in [0.1, 0.15) is 19.3 Å². The minimum absolute atomic E-state index is 0.251. The highest BCUT2D eigenvalue weighted by atomic mass is 16.5. The fourth-order valence-electron chi connectivity index (χ4n) is 2.44. The van der Waals surface area contributed by atoms with Crippen LogP contribution in [0.3, 0.4) is 0 Å². The molecule has 1 aliphatic rings. The third-order valence-corrected chi connectivity index (χ3v) is 3.52. The van der Waals surface area contributed by atoms with Crippen LogP contribution in [0, 0.1) is 0 Å². The number of aliphatic hydroxyl groups excluding tert-OH is 1. The number of nitrogens with one attached hydrogen (secondary N) is 1. The zero-order chi connectivity index (χ0) is 13.5. The molecule has 2 rings (SSSR count). The monoisotopic (exact) mass is 266 g/mol. The summed E-state index contributed by atoms with van der Waals surface area (Å²) in [5, 5.41) is 12.6. The maximum Gasteiger partial charge on any atom is 0.218 e. The van der Waals surface area contributed by atoms with Crippen LogP contribution in [0.2, 0.25) is 0 Å². The Morgan fingerprint density at radius 1 is 1.47 bits per heavy atom. The van der Waals surface area contributed by atoms with Crippen LogP contribution < -0.4 is 10.1 Å². The van der Waals surface area contributed by atoms with E-state index in [0.29, 0.717) is 11.9 Å². The molecule has 0 aliphatic carbocycles. The van der Waals surface area contributed by atoms with Crippen molar-refractivity contribution in [2.75, 3.05) is 38.7 Å². The van der Waals surface area contributed by atoms with Crippen LogP contribution in [0.4, 0.5) is 5.82 Å². The lowest BCUT2D eigenvalue weighted by Crippen LogP contribution is -2.44. The van der Waals surface area contributed by atoms with Gasteiger partial charge >= 0.3 is 0 Å². The SMILES string of the molecule is COc1cc(NCCN2CCCC[C@@H]2CO)ncn1. The van der Waals surface area contributed by atoms with E-state index < -0.39 is 0 Å². The molecule has 1 saturated heterocycles. The molecule has 1 aliphatic heterocycles. The minimum Gasteiger partial charge on any atom is -0.481 e. The molecule has 0 radical (unpaired) electrons. The van der Waals surface area contributed by atoms with Gasteiger partial charge in [0.1, 0.15) is 12.1 Å². The number of hydrogen-bond acceptors (Lipinski definition) is 6. The molecule has 6 nitrogen and oxygen atoms in total. The summed E-state index contributed by atoms with van der Waals surface area (Å²) in [4.78, 5) is 10.4. The van der Waals surface area contributed by atoms with Crippen molar-refractivity contribution in [1.29, 1.82) is 0 Å². The third-order valence-electron chi connectivity index (χ3n) is 3.52. The van der Waals surface area contributed by atoms with Crippen LogP contribution in [-0.2, 0) is 0 Å². The van der Waals surface area contributed by atoms with Gasteiger partial charge in [-0.1, -0.05) is 6.42 Å². The van der Waals surface area contributed by atoms with Gasteiger partial charge in [-0.15, -0.1) is 0 Å². The number of anilines is 1. The van der Waals surface area contributed by atoms with Crippen molar-refractivity contribution >= 4 is 5.82 Å². The number of aromatic nitrogens is 2. The van der Waals surface area contributed by atoms with Crippen molar-refractivity contribution in [3.8, 4) is 5.88 Å². The minimum atomic E-state index is 0.251. The Hall–Kier alpha value is -1.40. The maximum absolute atomic E-state index is 9.35. The van der Waals surface area contributed by atoms with E-state index in [1.54, 1.807) is 13.2 Å². The summed E-state index contributed by atoms with van der Waals surface area (Å²) in [5.41, 5.74) is 0. The molecule has 0 unspecified atom stereocenters. The van der Waals surface area contributed by atoms with Gasteiger partial charge in [-0.3, -0.25) is 4.90 Å². The zero-order valence-corrected chi connectivity index (χ0v) is 11.4.